The first-order valence-electron chi connectivity index (χ1n) is 5.13. The first-order valence-corrected chi connectivity index (χ1v) is 5.51. The molecule has 0 fully saturated rings. The molecule has 0 unspecified atom stereocenters. The van der Waals surface area contributed by atoms with Crippen molar-refractivity contribution < 1.29 is 4.42 Å². The first kappa shape index (κ1) is 9.25. The highest BCUT2D eigenvalue weighted by Crippen LogP contribution is 2.34. The molecule has 0 radical (unpaired) electrons. The normalized spacial score (nSPS) is 16.9. The van der Waals surface area contributed by atoms with E-state index in [9.17, 15) is 0 Å². The van der Waals surface area contributed by atoms with E-state index in [-0.39, 0.29) is 0 Å². The molecule has 2 heterocycles. The van der Waals surface area contributed by atoms with Crippen LogP contribution in [0.1, 0.15) is 11.1 Å². The van der Waals surface area contributed by atoms with E-state index in [0.717, 1.165) is 30.7 Å². The minimum absolute atomic E-state index is 0.547. The highest BCUT2D eigenvalue weighted by Gasteiger charge is 2.20. The summed E-state index contributed by atoms with van der Waals surface area (Å²) in [5.41, 5.74) is 3.41. The number of furan rings is 1. The Balaban J connectivity index is 2.35. The van der Waals surface area contributed by atoms with Crippen molar-refractivity contribution in [1.82, 2.24) is 4.90 Å². The molecule has 0 amide bonds. The maximum atomic E-state index is 6.12. The van der Waals surface area contributed by atoms with Crippen LogP contribution in [0.4, 0.5) is 0 Å². The van der Waals surface area contributed by atoms with Crippen LogP contribution in [0.5, 0.6) is 0 Å². The largest absolute Gasteiger partial charge is 0.444 e. The summed E-state index contributed by atoms with van der Waals surface area (Å²) in [4.78, 5) is 2.27. The van der Waals surface area contributed by atoms with Gasteiger partial charge in [-0.1, -0.05) is 12.1 Å². The summed E-state index contributed by atoms with van der Waals surface area (Å²) in [7, 11) is 2.11. The SMILES string of the molecule is CN1CCc2cccc3oc(Cl)c(c23)C1. The lowest BCUT2D eigenvalue weighted by Gasteiger charge is -2.12. The molecule has 15 heavy (non-hydrogen) atoms. The molecule has 2 nitrogen and oxygen atoms in total. The molecule has 0 atom stereocenters. The topological polar surface area (TPSA) is 16.4 Å². The lowest BCUT2D eigenvalue weighted by molar-refractivity contribution is 0.335. The molecule has 0 N–H and O–H groups in total. The number of benzene rings is 1. The number of rotatable bonds is 0. The molecule has 1 aliphatic heterocycles. The molecule has 1 aromatic carbocycles. The Labute approximate surface area is 93.4 Å². The van der Waals surface area contributed by atoms with E-state index in [1.54, 1.807) is 0 Å². The Bertz CT molecular complexity index is 518. The Kier molecular flexibility index (Phi) is 2.01. The molecule has 0 saturated carbocycles. The van der Waals surface area contributed by atoms with Crippen molar-refractivity contribution in [3.8, 4) is 0 Å². The summed E-state index contributed by atoms with van der Waals surface area (Å²) >= 11 is 6.12. The summed E-state index contributed by atoms with van der Waals surface area (Å²) in [6.07, 6.45) is 1.07. The molecular weight excluding hydrogens is 210 g/mol. The summed E-state index contributed by atoms with van der Waals surface area (Å²) in [6.45, 7) is 1.95. The Morgan fingerprint density at radius 3 is 3.13 bits per heavy atom. The van der Waals surface area contributed by atoms with Crippen LogP contribution in [-0.2, 0) is 13.0 Å². The van der Waals surface area contributed by atoms with Crippen LogP contribution < -0.4 is 0 Å². The molecule has 1 aliphatic rings. The second-order valence-corrected chi connectivity index (χ2v) is 4.48. The van der Waals surface area contributed by atoms with Gasteiger partial charge in [0.15, 0.2) is 5.22 Å². The quantitative estimate of drug-likeness (QED) is 0.680. The minimum atomic E-state index is 0.547. The number of likely N-dealkylation sites (N-methyl/N-ethyl adjacent to an activating group) is 1. The van der Waals surface area contributed by atoms with E-state index in [4.69, 9.17) is 16.0 Å². The van der Waals surface area contributed by atoms with Gasteiger partial charge in [0, 0.05) is 24.0 Å². The van der Waals surface area contributed by atoms with Gasteiger partial charge in [-0.25, -0.2) is 0 Å². The van der Waals surface area contributed by atoms with Crippen molar-refractivity contribution in [3.05, 3.63) is 34.5 Å². The first-order chi connectivity index (χ1) is 7.25. The second kappa shape index (κ2) is 3.26. The summed E-state index contributed by atoms with van der Waals surface area (Å²) in [5, 5.41) is 1.78. The predicted molar refractivity (Wildman–Crippen MR) is 61.3 cm³/mol. The van der Waals surface area contributed by atoms with Crippen LogP contribution in [-0.4, -0.2) is 18.5 Å². The maximum Gasteiger partial charge on any atom is 0.199 e. The second-order valence-electron chi connectivity index (χ2n) is 4.13. The zero-order valence-electron chi connectivity index (χ0n) is 8.59. The van der Waals surface area contributed by atoms with Gasteiger partial charge < -0.3 is 9.32 Å². The Morgan fingerprint density at radius 1 is 1.40 bits per heavy atom. The standard InChI is InChI=1S/C12H12ClNO/c1-14-6-5-8-3-2-4-10-11(8)9(7-14)12(13)15-10/h2-4H,5-7H2,1H3. The highest BCUT2D eigenvalue weighted by atomic mass is 35.5. The van der Waals surface area contributed by atoms with Crippen molar-refractivity contribution in [1.29, 1.82) is 0 Å². The molecular formula is C12H12ClNO. The number of hydrogen-bond donors (Lipinski definition) is 0. The van der Waals surface area contributed by atoms with Crippen molar-refractivity contribution in [2.24, 2.45) is 0 Å². The number of halogens is 1. The molecule has 3 heteroatoms. The molecule has 3 rings (SSSR count). The van der Waals surface area contributed by atoms with Gasteiger partial charge in [0.25, 0.3) is 0 Å². The molecule has 0 bridgehead atoms. The van der Waals surface area contributed by atoms with Crippen molar-refractivity contribution in [2.75, 3.05) is 13.6 Å². The van der Waals surface area contributed by atoms with Gasteiger partial charge in [0.1, 0.15) is 5.58 Å². The van der Waals surface area contributed by atoms with E-state index in [1.807, 2.05) is 12.1 Å². The lowest BCUT2D eigenvalue weighted by Crippen LogP contribution is -2.18. The Morgan fingerprint density at radius 2 is 2.27 bits per heavy atom. The maximum absolute atomic E-state index is 6.12. The van der Waals surface area contributed by atoms with Crippen LogP contribution in [0.2, 0.25) is 5.22 Å². The van der Waals surface area contributed by atoms with Gasteiger partial charge in [-0.2, -0.15) is 0 Å². The molecule has 0 aliphatic carbocycles. The van der Waals surface area contributed by atoms with E-state index in [0.29, 0.717) is 5.22 Å². The van der Waals surface area contributed by atoms with Gasteiger partial charge in [-0.3, -0.25) is 0 Å². The third-order valence-electron chi connectivity index (χ3n) is 3.04. The number of hydrogen-bond acceptors (Lipinski definition) is 2. The molecule has 78 valence electrons. The molecule has 0 spiro atoms. The van der Waals surface area contributed by atoms with Gasteiger partial charge in [0.2, 0.25) is 0 Å². The van der Waals surface area contributed by atoms with Crippen molar-refractivity contribution in [3.63, 3.8) is 0 Å². The van der Waals surface area contributed by atoms with E-state index in [1.165, 1.54) is 10.9 Å². The van der Waals surface area contributed by atoms with Crippen LogP contribution in [0.3, 0.4) is 0 Å². The Hall–Kier alpha value is -0.990. The van der Waals surface area contributed by atoms with Crippen molar-refractivity contribution >= 4 is 22.6 Å². The fourth-order valence-electron chi connectivity index (χ4n) is 2.27. The van der Waals surface area contributed by atoms with E-state index in [2.05, 4.69) is 18.0 Å². The molecule has 1 aromatic heterocycles. The zero-order chi connectivity index (χ0) is 10.4. The van der Waals surface area contributed by atoms with Crippen LogP contribution in [0, 0.1) is 0 Å². The summed E-state index contributed by atoms with van der Waals surface area (Å²) < 4.78 is 5.55. The van der Waals surface area contributed by atoms with Crippen LogP contribution in [0.25, 0.3) is 11.0 Å². The highest BCUT2D eigenvalue weighted by molar-refractivity contribution is 6.30. The average molecular weight is 222 g/mol. The summed E-state index contributed by atoms with van der Waals surface area (Å²) in [5.74, 6) is 0. The smallest absolute Gasteiger partial charge is 0.199 e. The molecule has 0 saturated heterocycles. The van der Waals surface area contributed by atoms with E-state index < -0.39 is 0 Å². The molecule has 2 aromatic rings. The predicted octanol–water partition coefficient (Wildman–Crippen LogP) is 3.07. The third kappa shape index (κ3) is 1.36. The zero-order valence-corrected chi connectivity index (χ0v) is 9.34. The average Bonchev–Trinajstić information content (AvgIpc) is 2.44. The lowest BCUT2D eigenvalue weighted by atomic mass is 10.1. The van der Waals surface area contributed by atoms with Gasteiger partial charge >= 0.3 is 0 Å². The monoisotopic (exact) mass is 221 g/mol. The minimum Gasteiger partial charge on any atom is -0.444 e. The third-order valence-corrected chi connectivity index (χ3v) is 3.35. The van der Waals surface area contributed by atoms with Crippen molar-refractivity contribution in [2.45, 2.75) is 13.0 Å². The summed E-state index contributed by atoms with van der Waals surface area (Å²) in [6, 6.07) is 6.18. The van der Waals surface area contributed by atoms with E-state index >= 15 is 0 Å². The van der Waals surface area contributed by atoms with Gasteiger partial charge in [-0.05, 0) is 36.7 Å². The number of nitrogens with zero attached hydrogens (tertiary/aromatic N) is 1. The van der Waals surface area contributed by atoms with Gasteiger partial charge in [0.05, 0.1) is 0 Å². The van der Waals surface area contributed by atoms with Crippen LogP contribution >= 0.6 is 11.6 Å². The van der Waals surface area contributed by atoms with Crippen LogP contribution in [0.15, 0.2) is 22.6 Å². The fraction of sp³-hybridized carbons (Fsp3) is 0.333. The fourth-order valence-corrected chi connectivity index (χ4v) is 2.51. The van der Waals surface area contributed by atoms with Gasteiger partial charge in [-0.15, -0.1) is 0 Å².